The number of hydrogen-bond acceptors (Lipinski definition) is 4. The SMILES string of the molecule is COC(=O)C(C)(C)CNCc1sccc1C. The number of methoxy groups -OCH3 is 1. The summed E-state index contributed by atoms with van der Waals surface area (Å²) in [6, 6.07) is 2.10. The predicted octanol–water partition coefficient (Wildman–Crippen LogP) is 2.35. The van der Waals surface area contributed by atoms with E-state index in [1.807, 2.05) is 13.8 Å². The van der Waals surface area contributed by atoms with Gasteiger partial charge in [-0.25, -0.2) is 0 Å². The third-order valence-corrected chi connectivity index (χ3v) is 3.58. The fourth-order valence-electron chi connectivity index (χ4n) is 1.42. The van der Waals surface area contributed by atoms with E-state index in [0.29, 0.717) is 6.54 Å². The van der Waals surface area contributed by atoms with E-state index in [9.17, 15) is 4.79 Å². The minimum absolute atomic E-state index is 0.178. The monoisotopic (exact) mass is 241 g/mol. The Morgan fingerprint density at radius 2 is 2.25 bits per heavy atom. The molecule has 0 spiro atoms. The molecule has 0 saturated carbocycles. The summed E-state index contributed by atoms with van der Waals surface area (Å²) in [5, 5.41) is 5.37. The van der Waals surface area contributed by atoms with Crippen molar-refractivity contribution in [1.29, 1.82) is 0 Å². The zero-order valence-electron chi connectivity index (χ0n) is 10.3. The first-order valence-corrected chi connectivity index (χ1v) is 6.17. The summed E-state index contributed by atoms with van der Waals surface area (Å²) in [5.41, 5.74) is 0.827. The Balaban J connectivity index is 2.41. The average Bonchev–Trinajstić information content (AvgIpc) is 2.63. The molecule has 0 atom stereocenters. The molecule has 1 aromatic heterocycles. The molecule has 1 aromatic rings. The molecule has 3 nitrogen and oxygen atoms in total. The van der Waals surface area contributed by atoms with Gasteiger partial charge < -0.3 is 10.1 Å². The van der Waals surface area contributed by atoms with Crippen LogP contribution < -0.4 is 5.32 Å². The average molecular weight is 241 g/mol. The lowest BCUT2D eigenvalue weighted by molar-refractivity contribution is -0.150. The van der Waals surface area contributed by atoms with Crippen LogP contribution in [-0.2, 0) is 16.1 Å². The lowest BCUT2D eigenvalue weighted by atomic mass is 9.94. The number of rotatable bonds is 5. The van der Waals surface area contributed by atoms with E-state index in [1.165, 1.54) is 17.6 Å². The molecule has 0 radical (unpaired) electrons. The van der Waals surface area contributed by atoms with Gasteiger partial charge in [0.05, 0.1) is 12.5 Å². The summed E-state index contributed by atoms with van der Waals surface area (Å²) in [4.78, 5) is 12.8. The fourth-order valence-corrected chi connectivity index (χ4v) is 2.30. The first kappa shape index (κ1) is 13.2. The number of aryl methyl sites for hydroxylation is 1. The standard InChI is InChI=1S/C12H19NO2S/c1-9-5-6-16-10(9)7-13-8-12(2,3)11(14)15-4/h5-6,13H,7-8H2,1-4H3. The van der Waals surface area contributed by atoms with Crippen molar-refractivity contribution < 1.29 is 9.53 Å². The van der Waals surface area contributed by atoms with Crippen molar-refractivity contribution in [1.82, 2.24) is 5.32 Å². The fraction of sp³-hybridized carbons (Fsp3) is 0.583. The van der Waals surface area contributed by atoms with Gasteiger partial charge in [0.25, 0.3) is 0 Å². The highest BCUT2D eigenvalue weighted by molar-refractivity contribution is 7.10. The number of carbonyl (C=O) groups excluding carboxylic acids is 1. The van der Waals surface area contributed by atoms with Gasteiger partial charge in [0, 0.05) is 18.0 Å². The van der Waals surface area contributed by atoms with Crippen LogP contribution in [0.25, 0.3) is 0 Å². The lowest BCUT2D eigenvalue weighted by Gasteiger charge is -2.21. The van der Waals surface area contributed by atoms with Gasteiger partial charge in [0.1, 0.15) is 0 Å². The summed E-state index contributed by atoms with van der Waals surface area (Å²) < 4.78 is 4.75. The number of ether oxygens (including phenoxy) is 1. The molecule has 1 rings (SSSR count). The zero-order valence-corrected chi connectivity index (χ0v) is 11.1. The summed E-state index contributed by atoms with van der Waals surface area (Å²) >= 11 is 1.74. The number of carbonyl (C=O) groups is 1. The Hall–Kier alpha value is -0.870. The molecule has 0 bridgehead atoms. The molecule has 90 valence electrons. The maximum atomic E-state index is 11.4. The molecular weight excluding hydrogens is 222 g/mol. The Bertz CT molecular complexity index is 358. The summed E-state index contributed by atoms with van der Waals surface area (Å²) in [6.07, 6.45) is 0. The Kier molecular flexibility index (Phi) is 4.50. The van der Waals surface area contributed by atoms with Crippen molar-refractivity contribution in [3.05, 3.63) is 21.9 Å². The van der Waals surface area contributed by atoms with E-state index < -0.39 is 5.41 Å². The highest BCUT2D eigenvalue weighted by Crippen LogP contribution is 2.18. The molecule has 1 heterocycles. The highest BCUT2D eigenvalue weighted by atomic mass is 32.1. The van der Waals surface area contributed by atoms with Crippen molar-refractivity contribution in [2.75, 3.05) is 13.7 Å². The number of esters is 1. The minimum atomic E-state index is -0.472. The highest BCUT2D eigenvalue weighted by Gasteiger charge is 2.27. The lowest BCUT2D eigenvalue weighted by Crippen LogP contribution is -2.36. The van der Waals surface area contributed by atoms with Crippen LogP contribution in [0.1, 0.15) is 24.3 Å². The van der Waals surface area contributed by atoms with Gasteiger partial charge >= 0.3 is 5.97 Å². The molecule has 0 unspecified atom stereocenters. The molecular formula is C12H19NO2S. The van der Waals surface area contributed by atoms with Crippen LogP contribution in [0.2, 0.25) is 0 Å². The van der Waals surface area contributed by atoms with Gasteiger partial charge in [-0.3, -0.25) is 4.79 Å². The number of thiophene rings is 1. The maximum absolute atomic E-state index is 11.4. The summed E-state index contributed by atoms with van der Waals surface area (Å²) in [7, 11) is 1.42. The normalized spacial score (nSPS) is 11.5. The molecule has 0 aliphatic rings. The van der Waals surface area contributed by atoms with Gasteiger partial charge in [0.15, 0.2) is 0 Å². The summed E-state index contributed by atoms with van der Waals surface area (Å²) in [6.45, 7) is 7.29. The Labute approximate surface area is 101 Å². The second-order valence-electron chi connectivity index (χ2n) is 4.51. The molecule has 0 amide bonds. The van der Waals surface area contributed by atoms with Gasteiger partial charge in [-0.15, -0.1) is 11.3 Å². The van der Waals surface area contributed by atoms with Crippen molar-refractivity contribution in [2.24, 2.45) is 5.41 Å². The maximum Gasteiger partial charge on any atom is 0.312 e. The van der Waals surface area contributed by atoms with E-state index in [1.54, 1.807) is 11.3 Å². The molecule has 1 N–H and O–H groups in total. The van der Waals surface area contributed by atoms with E-state index in [-0.39, 0.29) is 5.97 Å². The van der Waals surface area contributed by atoms with Crippen LogP contribution in [0.5, 0.6) is 0 Å². The van der Waals surface area contributed by atoms with Crippen LogP contribution in [-0.4, -0.2) is 19.6 Å². The van der Waals surface area contributed by atoms with Crippen molar-refractivity contribution in [3.8, 4) is 0 Å². The van der Waals surface area contributed by atoms with Crippen LogP contribution in [0.3, 0.4) is 0 Å². The van der Waals surface area contributed by atoms with E-state index in [2.05, 4.69) is 23.7 Å². The van der Waals surface area contributed by atoms with Crippen molar-refractivity contribution >= 4 is 17.3 Å². The number of hydrogen-bond donors (Lipinski definition) is 1. The molecule has 4 heteroatoms. The quantitative estimate of drug-likeness (QED) is 0.804. The third-order valence-electron chi connectivity index (χ3n) is 2.56. The van der Waals surface area contributed by atoms with E-state index in [4.69, 9.17) is 4.74 Å². The van der Waals surface area contributed by atoms with Gasteiger partial charge in [-0.2, -0.15) is 0 Å². The molecule has 16 heavy (non-hydrogen) atoms. The van der Waals surface area contributed by atoms with E-state index in [0.717, 1.165) is 6.54 Å². The van der Waals surface area contributed by atoms with Gasteiger partial charge in [-0.1, -0.05) is 0 Å². The molecule has 0 aromatic carbocycles. The molecule has 0 fully saturated rings. The predicted molar refractivity (Wildman–Crippen MR) is 66.6 cm³/mol. The van der Waals surface area contributed by atoms with Crippen molar-refractivity contribution in [2.45, 2.75) is 27.3 Å². The number of nitrogens with one attached hydrogen (secondary N) is 1. The largest absolute Gasteiger partial charge is 0.469 e. The van der Waals surface area contributed by atoms with Crippen LogP contribution in [0, 0.1) is 12.3 Å². The zero-order chi connectivity index (χ0) is 12.2. The second-order valence-corrected chi connectivity index (χ2v) is 5.51. The second kappa shape index (κ2) is 5.46. The van der Waals surface area contributed by atoms with Crippen molar-refractivity contribution in [3.63, 3.8) is 0 Å². The van der Waals surface area contributed by atoms with Crippen LogP contribution >= 0.6 is 11.3 Å². The van der Waals surface area contributed by atoms with Crippen LogP contribution in [0.15, 0.2) is 11.4 Å². The third kappa shape index (κ3) is 3.32. The summed E-state index contributed by atoms with van der Waals surface area (Å²) in [5.74, 6) is -0.178. The van der Waals surface area contributed by atoms with Crippen LogP contribution in [0.4, 0.5) is 0 Å². The van der Waals surface area contributed by atoms with Gasteiger partial charge in [0.2, 0.25) is 0 Å². The smallest absolute Gasteiger partial charge is 0.312 e. The topological polar surface area (TPSA) is 38.3 Å². The minimum Gasteiger partial charge on any atom is -0.469 e. The van der Waals surface area contributed by atoms with Gasteiger partial charge in [-0.05, 0) is 37.8 Å². The molecule has 0 saturated heterocycles. The molecule has 0 aliphatic heterocycles. The molecule has 0 aliphatic carbocycles. The Morgan fingerprint density at radius 3 is 2.75 bits per heavy atom. The first-order valence-electron chi connectivity index (χ1n) is 5.29. The Morgan fingerprint density at radius 1 is 1.56 bits per heavy atom. The van der Waals surface area contributed by atoms with E-state index >= 15 is 0 Å². The first-order chi connectivity index (χ1) is 7.47.